The van der Waals surface area contributed by atoms with Crippen LogP contribution in [0.3, 0.4) is 0 Å². The van der Waals surface area contributed by atoms with Gasteiger partial charge in [-0.05, 0) is 31.7 Å². The normalized spacial score (nSPS) is 12.6. The lowest BCUT2D eigenvalue weighted by molar-refractivity contribution is -0.120. The van der Waals surface area contributed by atoms with Crippen LogP contribution in [0.15, 0.2) is 18.2 Å². The number of carbonyl (C=O) groups excluding carboxylic acids is 1. The van der Waals surface area contributed by atoms with Crippen molar-refractivity contribution in [3.8, 4) is 0 Å². The Hall–Kier alpha value is -1.49. The molecule has 2 N–H and O–H groups in total. The van der Waals surface area contributed by atoms with E-state index in [1.807, 2.05) is 25.3 Å². The third-order valence-electron chi connectivity index (χ3n) is 3.15. The van der Waals surface area contributed by atoms with Gasteiger partial charge in [0.15, 0.2) is 0 Å². The van der Waals surface area contributed by atoms with E-state index in [9.17, 15) is 4.79 Å². The molecule has 5 heteroatoms. The second-order valence-corrected chi connectivity index (χ2v) is 5.75. The molecule has 0 aliphatic carbocycles. The lowest BCUT2D eigenvalue weighted by atomic mass is 10.2. The van der Waals surface area contributed by atoms with Gasteiger partial charge >= 0.3 is 0 Å². The van der Waals surface area contributed by atoms with Gasteiger partial charge in [-0.1, -0.05) is 12.1 Å². The number of amides is 1. The smallest absolute Gasteiger partial charge is 0.232 e. The largest absolute Gasteiger partial charge is 0.355 e. The number of aromatic amines is 1. The number of thioether (sulfide) groups is 1. The van der Waals surface area contributed by atoms with Crippen molar-refractivity contribution in [1.29, 1.82) is 0 Å². The summed E-state index contributed by atoms with van der Waals surface area (Å²) >= 11 is 1.55. The second kappa shape index (κ2) is 6.10. The van der Waals surface area contributed by atoms with Crippen molar-refractivity contribution >= 4 is 28.7 Å². The molecule has 1 aromatic carbocycles. The molecule has 0 fully saturated rings. The zero-order valence-corrected chi connectivity index (χ0v) is 12.3. The van der Waals surface area contributed by atoms with Crippen LogP contribution in [0, 0.1) is 6.92 Å². The molecule has 1 aromatic heterocycles. The van der Waals surface area contributed by atoms with Crippen LogP contribution < -0.4 is 5.32 Å². The van der Waals surface area contributed by atoms with E-state index in [1.165, 1.54) is 5.56 Å². The number of para-hydroxylation sites is 1. The summed E-state index contributed by atoms with van der Waals surface area (Å²) in [6, 6.07) is 6.09. The minimum atomic E-state index is -0.00193. The minimum Gasteiger partial charge on any atom is -0.355 e. The Labute approximate surface area is 117 Å². The van der Waals surface area contributed by atoms with E-state index in [4.69, 9.17) is 0 Å². The molecule has 0 spiro atoms. The molecule has 0 saturated carbocycles. The van der Waals surface area contributed by atoms with Crippen LogP contribution in [0.2, 0.25) is 0 Å². The predicted octanol–water partition coefficient (Wildman–Crippen LogP) is 2.28. The first kappa shape index (κ1) is 13.9. The maximum Gasteiger partial charge on any atom is 0.232 e. The van der Waals surface area contributed by atoms with Gasteiger partial charge in [-0.3, -0.25) is 4.79 Å². The molecule has 19 heavy (non-hydrogen) atoms. The Morgan fingerprint density at radius 2 is 2.32 bits per heavy atom. The summed E-state index contributed by atoms with van der Waals surface area (Å²) < 4.78 is 0. The number of benzene rings is 1. The maximum absolute atomic E-state index is 11.6. The number of aromatic nitrogens is 2. The van der Waals surface area contributed by atoms with Crippen molar-refractivity contribution < 1.29 is 4.79 Å². The first-order chi connectivity index (χ1) is 9.11. The number of nitrogens with zero attached hydrogens (tertiary/aromatic N) is 1. The number of nitrogens with one attached hydrogen (secondary N) is 2. The maximum atomic E-state index is 11.6. The van der Waals surface area contributed by atoms with E-state index in [1.54, 1.807) is 11.8 Å². The highest BCUT2D eigenvalue weighted by Gasteiger charge is 2.10. The van der Waals surface area contributed by atoms with E-state index in [-0.39, 0.29) is 11.2 Å². The highest BCUT2D eigenvalue weighted by atomic mass is 32.2. The Morgan fingerprint density at radius 1 is 1.53 bits per heavy atom. The number of rotatable bonds is 5. The molecule has 4 nitrogen and oxygen atoms in total. The Kier molecular flexibility index (Phi) is 4.47. The monoisotopic (exact) mass is 277 g/mol. The zero-order chi connectivity index (χ0) is 13.8. The number of aryl methyl sites for hydroxylation is 1. The van der Waals surface area contributed by atoms with Gasteiger partial charge in [0.25, 0.3) is 0 Å². The van der Waals surface area contributed by atoms with Gasteiger partial charge in [0.05, 0.1) is 16.3 Å². The third kappa shape index (κ3) is 3.29. The first-order valence-corrected chi connectivity index (χ1v) is 7.65. The summed E-state index contributed by atoms with van der Waals surface area (Å²) in [7, 11) is 0. The Balaban J connectivity index is 1.95. The van der Waals surface area contributed by atoms with Gasteiger partial charge in [-0.25, -0.2) is 4.98 Å². The Bertz CT molecular complexity index is 579. The Morgan fingerprint density at radius 3 is 3.00 bits per heavy atom. The van der Waals surface area contributed by atoms with Crippen molar-refractivity contribution in [3.63, 3.8) is 0 Å². The van der Waals surface area contributed by atoms with Crippen molar-refractivity contribution in [2.45, 2.75) is 25.5 Å². The molecule has 0 bridgehead atoms. The van der Waals surface area contributed by atoms with Crippen molar-refractivity contribution in [2.75, 3.05) is 12.8 Å². The van der Waals surface area contributed by atoms with E-state index < -0.39 is 0 Å². The van der Waals surface area contributed by atoms with Crippen LogP contribution in [-0.4, -0.2) is 33.9 Å². The number of fused-ring (bicyclic) bond motifs is 1. The van der Waals surface area contributed by atoms with Gasteiger partial charge in [-0.15, -0.1) is 0 Å². The summed E-state index contributed by atoms with van der Waals surface area (Å²) in [5, 5.41) is 2.92. The summed E-state index contributed by atoms with van der Waals surface area (Å²) in [6.07, 6.45) is 2.66. The van der Waals surface area contributed by atoms with Crippen molar-refractivity contribution in [2.24, 2.45) is 0 Å². The topological polar surface area (TPSA) is 57.8 Å². The average Bonchev–Trinajstić information content (AvgIpc) is 2.82. The van der Waals surface area contributed by atoms with E-state index in [0.29, 0.717) is 6.54 Å². The molecule has 102 valence electrons. The van der Waals surface area contributed by atoms with Crippen LogP contribution >= 0.6 is 11.8 Å². The molecule has 1 atom stereocenters. The van der Waals surface area contributed by atoms with Crippen molar-refractivity contribution in [3.05, 3.63) is 29.6 Å². The summed E-state index contributed by atoms with van der Waals surface area (Å²) in [6.45, 7) is 4.57. The minimum absolute atomic E-state index is 0.00193. The summed E-state index contributed by atoms with van der Waals surface area (Å²) in [5.74, 6) is 1.00. The molecule has 0 saturated heterocycles. The SMILES string of the molecule is CS[C@H](C)C(=O)NCCc1nc2c(C)cccc2[nH]1. The average molecular weight is 277 g/mol. The summed E-state index contributed by atoms with van der Waals surface area (Å²) in [4.78, 5) is 19.5. The number of hydrogen-bond acceptors (Lipinski definition) is 3. The lowest BCUT2D eigenvalue weighted by Gasteiger charge is -2.08. The molecular weight excluding hydrogens is 258 g/mol. The quantitative estimate of drug-likeness (QED) is 0.881. The molecule has 0 radical (unpaired) electrons. The first-order valence-electron chi connectivity index (χ1n) is 6.36. The highest BCUT2D eigenvalue weighted by Crippen LogP contribution is 2.15. The zero-order valence-electron chi connectivity index (χ0n) is 11.5. The van der Waals surface area contributed by atoms with Crippen LogP contribution in [0.5, 0.6) is 0 Å². The molecule has 2 aromatic rings. The van der Waals surface area contributed by atoms with Gasteiger partial charge < -0.3 is 10.3 Å². The number of carbonyl (C=O) groups is 1. The number of hydrogen-bond donors (Lipinski definition) is 2. The fourth-order valence-corrected chi connectivity index (χ4v) is 2.20. The fraction of sp³-hybridized carbons (Fsp3) is 0.429. The molecule has 1 amide bonds. The summed E-state index contributed by atoms with van der Waals surface area (Å²) in [5.41, 5.74) is 3.24. The third-order valence-corrected chi connectivity index (χ3v) is 4.07. The predicted molar refractivity (Wildman–Crippen MR) is 80.5 cm³/mol. The molecular formula is C14H19N3OS. The van der Waals surface area contributed by atoms with Crippen molar-refractivity contribution in [1.82, 2.24) is 15.3 Å². The molecule has 0 aliphatic rings. The van der Waals surface area contributed by atoms with E-state index in [2.05, 4.69) is 28.3 Å². The molecule has 2 rings (SSSR count). The van der Waals surface area contributed by atoms with Crippen LogP contribution in [-0.2, 0) is 11.2 Å². The standard InChI is InChI=1S/C14H19N3OS/c1-9-5-4-6-11-13(9)17-12(16-11)7-8-15-14(18)10(2)19-3/h4-6,10H,7-8H2,1-3H3,(H,15,18)(H,16,17)/t10-/m1/s1. The van der Waals surface area contributed by atoms with E-state index >= 15 is 0 Å². The van der Waals surface area contributed by atoms with E-state index in [0.717, 1.165) is 23.3 Å². The van der Waals surface area contributed by atoms with Gasteiger partial charge in [-0.2, -0.15) is 11.8 Å². The molecule has 0 aliphatic heterocycles. The van der Waals surface area contributed by atoms with Crippen LogP contribution in [0.1, 0.15) is 18.3 Å². The van der Waals surface area contributed by atoms with Gasteiger partial charge in [0.1, 0.15) is 5.82 Å². The van der Waals surface area contributed by atoms with Crippen LogP contribution in [0.4, 0.5) is 0 Å². The van der Waals surface area contributed by atoms with Gasteiger partial charge in [0, 0.05) is 13.0 Å². The van der Waals surface area contributed by atoms with Gasteiger partial charge in [0.2, 0.25) is 5.91 Å². The number of H-pyrrole nitrogens is 1. The highest BCUT2D eigenvalue weighted by molar-refractivity contribution is 7.99. The fourth-order valence-electron chi connectivity index (χ4n) is 1.90. The lowest BCUT2D eigenvalue weighted by Crippen LogP contribution is -2.32. The molecule has 0 unspecified atom stereocenters. The number of imidazole rings is 1. The second-order valence-electron chi connectivity index (χ2n) is 4.57. The molecule has 1 heterocycles. The van der Waals surface area contributed by atoms with Crippen LogP contribution in [0.25, 0.3) is 11.0 Å².